The van der Waals surface area contributed by atoms with Gasteiger partial charge < -0.3 is 4.74 Å². The van der Waals surface area contributed by atoms with Crippen LogP contribution in [0.15, 0.2) is 0 Å². The molecular formula is C9H17ClO. The molecule has 1 saturated carbocycles. The lowest BCUT2D eigenvalue weighted by atomic mass is 9.98. The highest BCUT2D eigenvalue weighted by Crippen LogP contribution is 2.20. The summed E-state index contributed by atoms with van der Waals surface area (Å²) in [7, 11) is 0. The van der Waals surface area contributed by atoms with Crippen molar-refractivity contribution in [2.24, 2.45) is 0 Å². The average molecular weight is 177 g/mol. The van der Waals surface area contributed by atoms with Crippen molar-refractivity contribution in [2.45, 2.75) is 44.6 Å². The third-order valence-corrected chi connectivity index (χ3v) is 2.45. The van der Waals surface area contributed by atoms with E-state index < -0.39 is 0 Å². The van der Waals surface area contributed by atoms with Crippen molar-refractivity contribution in [3.63, 3.8) is 0 Å². The van der Waals surface area contributed by atoms with Crippen LogP contribution < -0.4 is 0 Å². The summed E-state index contributed by atoms with van der Waals surface area (Å²) in [6, 6.07) is 0. The molecule has 2 heteroatoms. The maximum Gasteiger partial charge on any atom is 0.0575 e. The number of halogens is 1. The highest BCUT2D eigenvalue weighted by atomic mass is 35.5. The predicted molar refractivity (Wildman–Crippen MR) is 48.2 cm³/mol. The predicted octanol–water partition coefficient (Wildman–Crippen LogP) is 2.96. The number of ether oxygens (including phenoxy) is 1. The molecule has 0 aromatic heterocycles. The molecule has 1 aliphatic carbocycles. The minimum Gasteiger partial charge on any atom is -0.378 e. The second-order valence-corrected chi connectivity index (χ2v) is 3.55. The van der Waals surface area contributed by atoms with Crippen molar-refractivity contribution >= 4 is 11.6 Å². The zero-order valence-corrected chi connectivity index (χ0v) is 7.78. The fourth-order valence-corrected chi connectivity index (χ4v) is 1.65. The van der Waals surface area contributed by atoms with Crippen LogP contribution >= 0.6 is 11.6 Å². The van der Waals surface area contributed by atoms with Gasteiger partial charge >= 0.3 is 0 Å². The largest absolute Gasteiger partial charge is 0.378 e. The highest BCUT2D eigenvalue weighted by molar-refractivity contribution is 6.17. The Kier molecular flexibility index (Phi) is 4.96. The maximum atomic E-state index is 5.64. The molecule has 11 heavy (non-hydrogen) atoms. The molecule has 1 aliphatic rings. The molecular weight excluding hydrogens is 160 g/mol. The van der Waals surface area contributed by atoms with Crippen molar-refractivity contribution in [3.8, 4) is 0 Å². The first-order chi connectivity index (χ1) is 5.43. The summed E-state index contributed by atoms with van der Waals surface area (Å²) in [5, 5.41) is 0. The van der Waals surface area contributed by atoms with E-state index in [9.17, 15) is 0 Å². The van der Waals surface area contributed by atoms with E-state index in [1.54, 1.807) is 0 Å². The summed E-state index contributed by atoms with van der Waals surface area (Å²) in [4.78, 5) is 0. The van der Waals surface area contributed by atoms with Gasteiger partial charge in [0.2, 0.25) is 0 Å². The van der Waals surface area contributed by atoms with Crippen molar-refractivity contribution in [2.75, 3.05) is 12.5 Å². The zero-order valence-electron chi connectivity index (χ0n) is 7.02. The van der Waals surface area contributed by atoms with Gasteiger partial charge in [0.15, 0.2) is 0 Å². The lowest BCUT2D eigenvalue weighted by Crippen LogP contribution is -2.17. The Labute approximate surface area is 74.1 Å². The molecule has 0 aromatic carbocycles. The number of rotatable bonds is 4. The van der Waals surface area contributed by atoms with Crippen molar-refractivity contribution < 1.29 is 4.74 Å². The Morgan fingerprint density at radius 2 is 1.91 bits per heavy atom. The van der Waals surface area contributed by atoms with E-state index in [1.165, 1.54) is 32.1 Å². The SMILES string of the molecule is ClCCCOC1CCCCC1. The normalized spacial score (nSPS) is 20.5. The minimum atomic E-state index is 0.548. The summed E-state index contributed by atoms with van der Waals surface area (Å²) in [6.07, 6.45) is 8.18. The van der Waals surface area contributed by atoms with Crippen molar-refractivity contribution in [1.29, 1.82) is 0 Å². The molecule has 0 radical (unpaired) electrons. The molecule has 1 rings (SSSR count). The van der Waals surface area contributed by atoms with E-state index in [0.29, 0.717) is 6.10 Å². The molecule has 0 heterocycles. The monoisotopic (exact) mass is 176 g/mol. The van der Waals surface area contributed by atoms with Crippen LogP contribution in [0.2, 0.25) is 0 Å². The first-order valence-electron chi connectivity index (χ1n) is 4.61. The first kappa shape index (κ1) is 9.34. The standard InChI is InChI=1S/C9H17ClO/c10-7-4-8-11-9-5-2-1-3-6-9/h9H,1-8H2. The second-order valence-electron chi connectivity index (χ2n) is 3.17. The topological polar surface area (TPSA) is 9.23 Å². The number of alkyl halides is 1. The molecule has 0 aliphatic heterocycles. The molecule has 0 aromatic rings. The van der Waals surface area contributed by atoms with Crippen LogP contribution in [0.1, 0.15) is 38.5 Å². The van der Waals surface area contributed by atoms with Gasteiger partial charge in [0.25, 0.3) is 0 Å². The van der Waals surface area contributed by atoms with Gasteiger partial charge in [-0.05, 0) is 19.3 Å². The van der Waals surface area contributed by atoms with E-state index in [0.717, 1.165) is 18.9 Å². The number of hydrogen-bond donors (Lipinski definition) is 0. The van der Waals surface area contributed by atoms with Gasteiger partial charge in [-0.15, -0.1) is 11.6 Å². The fraction of sp³-hybridized carbons (Fsp3) is 1.00. The van der Waals surface area contributed by atoms with Crippen molar-refractivity contribution in [1.82, 2.24) is 0 Å². The smallest absolute Gasteiger partial charge is 0.0575 e. The quantitative estimate of drug-likeness (QED) is 0.473. The van der Waals surface area contributed by atoms with Gasteiger partial charge in [-0.1, -0.05) is 19.3 Å². The van der Waals surface area contributed by atoms with Gasteiger partial charge in [0.05, 0.1) is 6.10 Å². The Balaban J connectivity index is 1.96. The van der Waals surface area contributed by atoms with Gasteiger partial charge in [-0.25, -0.2) is 0 Å². The molecule has 0 saturated heterocycles. The molecule has 0 spiro atoms. The molecule has 0 amide bonds. The summed E-state index contributed by atoms with van der Waals surface area (Å²) >= 11 is 5.54. The van der Waals surface area contributed by atoms with Gasteiger partial charge in [-0.3, -0.25) is 0 Å². The Bertz CT molecular complexity index is 89.6. The van der Waals surface area contributed by atoms with E-state index in [1.807, 2.05) is 0 Å². The van der Waals surface area contributed by atoms with Gasteiger partial charge in [0, 0.05) is 12.5 Å². The maximum absolute atomic E-state index is 5.64. The van der Waals surface area contributed by atoms with E-state index >= 15 is 0 Å². The summed E-state index contributed by atoms with van der Waals surface area (Å²) < 4.78 is 5.64. The van der Waals surface area contributed by atoms with Gasteiger partial charge in [0.1, 0.15) is 0 Å². The molecule has 0 N–H and O–H groups in total. The minimum absolute atomic E-state index is 0.548. The Morgan fingerprint density at radius 1 is 1.18 bits per heavy atom. The average Bonchev–Trinajstić information content (AvgIpc) is 2.07. The zero-order chi connectivity index (χ0) is 7.94. The third kappa shape index (κ3) is 3.97. The summed E-state index contributed by atoms with van der Waals surface area (Å²) in [5.41, 5.74) is 0. The van der Waals surface area contributed by atoms with E-state index in [2.05, 4.69) is 0 Å². The molecule has 66 valence electrons. The van der Waals surface area contributed by atoms with Crippen LogP contribution in [0.5, 0.6) is 0 Å². The van der Waals surface area contributed by atoms with Crippen molar-refractivity contribution in [3.05, 3.63) is 0 Å². The molecule has 1 fully saturated rings. The van der Waals surface area contributed by atoms with E-state index in [-0.39, 0.29) is 0 Å². The molecule has 1 nitrogen and oxygen atoms in total. The molecule has 0 atom stereocenters. The lowest BCUT2D eigenvalue weighted by molar-refractivity contribution is 0.0292. The Hall–Kier alpha value is 0.250. The molecule has 0 bridgehead atoms. The summed E-state index contributed by atoms with van der Waals surface area (Å²) in [5.74, 6) is 0.729. The molecule has 0 unspecified atom stereocenters. The van der Waals surface area contributed by atoms with Crippen LogP contribution in [0, 0.1) is 0 Å². The lowest BCUT2D eigenvalue weighted by Gasteiger charge is -2.21. The van der Waals surface area contributed by atoms with Crippen LogP contribution in [-0.4, -0.2) is 18.6 Å². The van der Waals surface area contributed by atoms with Gasteiger partial charge in [-0.2, -0.15) is 0 Å². The Morgan fingerprint density at radius 3 is 2.55 bits per heavy atom. The second kappa shape index (κ2) is 5.84. The van der Waals surface area contributed by atoms with Crippen LogP contribution in [0.3, 0.4) is 0 Å². The first-order valence-corrected chi connectivity index (χ1v) is 5.14. The van der Waals surface area contributed by atoms with Crippen LogP contribution in [0.4, 0.5) is 0 Å². The fourth-order valence-electron chi connectivity index (χ4n) is 1.54. The third-order valence-electron chi connectivity index (χ3n) is 2.18. The van der Waals surface area contributed by atoms with Crippen LogP contribution in [0.25, 0.3) is 0 Å². The van der Waals surface area contributed by atoms with E-state index in [4.69, 9.17) is 16.3 Å². The highest BCUT2D eigenvalue weighted by Gasteiger charge is 2.12. The summed E-state index contributed by atoms with van der Waals surface area (Å²) in [6.45, 7) is 0.855. The number of hydrogen-bond acceptors (Lipinski definition) is 1. The van der Waals surface area contributed by atoms with Crippen LogP contribution in [-0.2, 0) is 4.74 Å².